The van der Waals surface area contributed by atoms with Crippen molar-refractivity contribution < 1.29 is 17.6 Å². The van der Waals surface area contributed by atoms with E-state index in [1.54, 1.807) is 17.0 Å². The van der Waals surface area contributed by atoms with E-state index in [4.69, 9.17) is 0 Å². The fourth-order valence-corrected chi connectivity index (χ4v) is 5.42. The third-order valence-corrected chi connectivity index (χ3v) is 6.21. The van der Waals surface area contributed by atoms with Crippen LogP contribution in [0.1, 0.15) is 0 Å². The van der Waals surface area contributed by atoms with E-state index >= 15 is 0 Å². The minimum atomic E-state index is -3.23. The molecule has 24 heavy (non-hydrogen) atoms. The summed E-state index contributed by atoms with van der Waals surface area (Å²) in [6.07, 6.45) is 0. The standard InChI is InChI=1S/C17H15FN2O3S/c18-12-6-8-14(9-7-12)20-16-11-24(22,23)10-15(16)19(17(20)21)13-4-2-1-3-5-13/h1-9,15-16H,10-11H2. The first-order chi connectivity index (χ1) is 11.5. The number of carbonyl (C=O) groups is 1. The van der Waals surface area contributed by atoms with Gasteiger partial charge in [0.25, 0.3) is 0 Å². The summed E-state index contributed by atoms with van der Waals surface area (Å²) in [4.78, 5) is 16.0. The lowest BCUT2D eigenvalue weighted by molar-refractivity contribution is 0.255. The van der Waals surface area contributed by atoms with Gasteiger partial charge >= 0.3 is 6.03 Å². The second-order valence-electron chi connectivity index (χ2n) is 6.05. The van der Waals surface area contributed by atoms with Gasteiger partial charge in [-0.15, -0.1) is 0 Å². The van der Waals surface area contributed by atoms with Crippen molar-refractivity contribution in [2.45, 2.75) is 12.1 Å². The largest absolute Gasteiger partial charge is 0.329 e. The summed E-state index contributed by atoms with van der Waals surface area (Å²) in [5.41, 5.74) is 1.17. The zero-order chi connectivity index (χ0) is 16.9. The van der Waals surface area contributed by atoms with E-state index in [9.17, 15) is 17.6 Å². The highest BCUT2D eigenvalue weighted by molar-refractivity contribution is 7.91. The Morgan fingerprint density at radius 2 is 1.33 bits per heavy atom. The highest BCUT2D eigenvalue weighted by Gasteiger charge is 2.54. The molecule has 0 saturated carbocycles. The van der Waals surface area contributed by atoms with Crippen LogP contribution in [0.15, 0.2) is 54.6 Å². The van der Waals surface area contributed by atoms with Crippen molar-refractivity contribution in [3.8, 4) is 0 Å². The van der Waals surface area contributed by atoms with Gasteiger partial charge in [0.1, 0.15) is 5.82 Å². The highest BCUT2D eigenvalue weighted by Crippen LogP contribution is 2.37. The molecule has 0 spiro atoms. The van der Waals surface area contributed by atoms with Gasteiger partial charge in [-0.1, -0.05) is 18.2 Å². The van der Waals surface area contributed by atoms with Gasteiger partial charge in [-0.2, -0.15) is 0 Å². The minimum absolute atomic E-state index is 0.0595. The molecular formula is C17H15FN2O3S. The number of urea groups is 1. The molecule has 2 amide bonds. The van der Waals surface area contributed by atoms with Crippen LogP contribution < -0.4 is 9.80 Å². The van der Waals surface area contributed by atoms with Crippen molar-refractivity contribution in [2.24, 2.45) is 0 Å². The average molecular weight is 346 g/mol. The summed E-state index contributed by atoms with van der Waals surface area (Å²) in [5.74, 6) is -0.541. The summed E-state index contributed by atoms with van der Waals surface area (Å²) in [5, 5.41) is 0. The van der Waals surface area contributed by atoms with E-state index < -0.39 is 27.7 Å². The summed E-state index contributed by atoms with van der Waals surface area (Å²) in [7, 11) is -3.23. The van der Waals surface area contributed by atoms with Crippen molar-refractivity contribution in [3.63, 3.8) is 0 Å². The Bertz CT molecular complexity index is 884. The van der Waals surface area contributed by atoms with Crippen molar-refractivity contribution in [2.75, 3.05) is 21.3 Å². The van der Waals surface area contributed by atoms with Crippen LogP contribution in [0.5, 0.6) is 0 Å². The Labute approximate surface area is 139 Å². The lowest BCUT2D eigenvalue weighted by atomic mass is 10.1. The second kappa shape index (κ2) is 5.31. The van der Waals surface area contributed by atoms with E-state index in [-0.39, 0.29) is 17.5 Å². The minimum Gasteiger partial charge on any atom is -0.288 e. The van der Waals surface area contributed by atoms with Gasteiger partial charge in [-0.3, -0.25) is 9.80 Å². The molecular weight excluding hydrogens is 331 g/mol. The number of carbonyl (C=O) groups excluding carboxylic acids is 1. The lowest BCUT2D eigenvalue weighted by Crippen LogP contribution is -2.37. The van der Waals surface area contributed by atoms with Crippen molar-refractivity contribution >= 4 is 27.2 Å². The molecule has 2 fully saturated rings. The highest BCUT2D eigenvalue weighted by atomic mass is 32.2. The van der Waals surface area contributed by atoms with Gasteiger partial charge in [-0.25, -0.2) is 17.6 Å². The molecule has 2 heterocycles. The van der Waals surface area contributed by atoms with Crippen LogP contribution in [0.4, 0.5) is 20.6 Å². The Balaban J connectivity index is 1.80. The molecule has 5 nitrogen and oxygen atoms in total. The van der Waals surface area contributed by atoms with Crippen molar-refractivity contribution in [3.05, 3.63) is 60.4 Å². The van der Waals surface area contributed by atoms with Gasteiger partial charge in [0.15, 0.2) is 9.84 Å². The molecule has 0 radical (unpaired) electrons. The molecule has 7 heteroatoms. The van der Waals surface area contributed by atoms with Crippen LogP contribution in [-0.2, 0) is 9.84 Å². The van der Waals surface area contributed by atoms with E-state index in [1.165, 1.54) is 29.2 Å². The van der Waals surface area contributed by atoms with E-state index in [0.717, 1.165) is 0 Å². The van der Waals surface area contributed by atoms with Crippen LogP contribution in [0.2, 0.25) is 0 Å². The number of halogens is 1. The smallest absolute Gasteiger partial charge is 0.288 e. The Morgan fingerprint density at radius 1 is 0.833 bits per heavy atom. The number of anilines is 2. The molecule has 2 aromatic carbocycles. The van der Waals surface area contributed by atoms with Crippen molar-refractivity contribution in [1.29, 1.82) is 0 Å². The summed E-state index contributed by atoms with van der Waals surface area (Å²) < 4.78 is 37.5. The molecule has 2 aliphatic rings. The molecule has 0 bridgehead atoms. The Morgan fingerprint density at radius 3 is 1.88 bits per heavy atom. The fraction of sp³-hybridized carbons (Fsp3) is 0.235. The Kier molecular flexibility index (Phi) is 3.35. The predicted octanol–water partition coefficient (Wildman–Crippen LogP) is 2.44. The van der Waals surface area contributed by atoms with Crippen LogP contribution in [0.3, 0.4) is 0 Å². The summed E-state index contributed by atoms with van der Waals surface area (Å²) in [6, 6.07) is 13.4. The van der Waals surface area contributed by atoms with E-state index in [1.807, 2.05) is 18.2 Å². The number of amides is 2. The van der Waals surface area contributed by atoms with E-state index in [2.05, 4.69) is 0 Å². The molecule has 0 N–H and O–H groups in total. The Hall–Kier alpha value is -2.41. The van der Waals surface area contributed by atoms with Crippen LogP contribution in [-0.4, -0.2) is 38.0 Å². The van der Waals surface area contributed by atoms with Gasteiger partial charge in [-0.05, 0) is 36.4 Å². The first kappa shape index (κ1) is 15.1. The number of rotatable bonds is 2. The number of hydrogen-bond donors (Lipinski definition) is 0. The van der Waals surface area contributed by atoms with Crippen molar-refractivity contribution in [1.82, 2.24) is 0 Å². The first-order valence-electron chi connectivity index (χ1n) is 7.60. The average Bonchev–Trinajstić information content (AvgIpc) is 2.98. The van der Waals surface area contributed by atoms with Gasteiger partial charge < -0.3 is 0 Å². The molecule has 2 unspecified atom stereocenters. The monoisotopic (exact) mass is 346 g/mol. The zero-order valence-electron chi connectivity index (χ0n) is 12.7. The molecule has 2 aliphatic heterocycles. The molecule has 124 valence electrons. The number of nitrogens with zero attached hydrogens (tertiary/aromatic N) is 2. The summed E-state index contributed by atoms with van der Waals surface area (Å²) >= 11 is 0. The van der Waals surface area contributed by atoms with Crippen LogP contribution >= 0.6 is 0 Å². The lowest BCUT2D eigenvalue weighted by Gasteiger charge is -2.22. The fourth-order valence-electron chi connectivity index (χ4n) is 3.50. The normalized spacial score (nSPS) is 25.1. The molecule has 2 atom stereocenters. The number of sulfone groups is 1. The third kappa shape index (κ3) is 2.36. The molecule has 2 aromatic rings. The maximum atomic E-state index is 13.2. The van der Waals surface area contributed by atoms with Crippen LogP contribution in [0.25, 0.3) is 0 Å². The topological polar surface area (TPSA) is 57.7 Å². The second-order valence-corrected chi connectivity index (χ2v) is 8.20. The third-order valence-electron chi connectivity index (χ3n) is 4.51. The SMILES string of the molecule is O=C1N(c2ccccc2)C2CS(=O)(=O)CC2N1c1ccc(F)cc1. The molecule has 4 rings (SSSR count). The number of para-hydroxylation sites is 1. The molecule has 2 saturated heterocycles. The van der Waals surface area contributed by atoms with Crippen LogP contribution in [0, 0.1) is 5.82 Å². The zero-order valence-corrected chi connectivity index (χ0v) is 13.5. The maximum absolute atomic E-state index is 13.2. The summed E-state index contributed by atoms with van der Waals surface area (Å²) in [6.45, 7) is 0. The quantitative estimate of drug-likeness (QED) is 0.785. The number of hydrogen-bond acceptors (Lipinski definition) is 3. The first-order valence-corrected chi connectivity index (χ1v) is 9.42. The molecule has 0 aromatic heterocycles. The number of benzene rings is 2. The van der Waals surface area contributed by atoms with E-state index in [0.29, 0.717) is 11.4 Å². The number of fused-ring (bicyclic) bond motifs is 1. The predicted molar refractivity (Wildman–Crippen MR) is 89.4 cm³/mol. The van der Waals surface area contributed by atoms with Gasteiger partial charge in [0, 0.05) is 11.4 Å². The maximum Gasteiger partial charge on any atom is 0.329 e. The van der Waals surface area contributed by atoms with Gasteiger partial charge in [0.2, 0.25) is 0 Å². The molecule has 0 aliphatic carbocycles. The van der Waals surface area contributed by atoms with Gasteiger partial charge in [0.05, 0.1) is 23.6 Å².